The highest BCUT2D eigenvalue weighted by molar-refractivity contribution is 7.09. The maximum Gasteiger partial charge on any atom is 0.123 e. The molecule has 0 saturated carbocycles. The van der Waals surface area contributed by atoms with E-state index in [2.05, 4.69) is 28.3 Å². The number of hydrogen-bond acceptors (Lipinski definition) is 5. The molecular formula is C16H23N3O2S. The zero-order chi connectivity index (χ0) is 15.5. The molecule has 0 saturated heterocycles. The van der Waals surface area contributed by atoms with Crippen LogP contribution in [0, 0.1) is 13.8 Å². The van der Waals surface area contributed by atoms with Crippen LogP contribution in [0.3, 0.4) is 0 Å². The molecule has 0 aliphatic carbocycles. The van der Waals surface area contributed by atoms with E-state index in [1.165, 1.54) is 10.6 Å². The summed E-state index contributed by atoms with van der Waals surface area (Å²) in [5, 5.41) is 12.2. The van der Waals surface area contributed by atoms with E-state index in [9.17, 15) is 5.11 Å². The highest BCUT2D eigenvalue weighted by atomic mass is 32.1. The molecule has 0 unspecified atom stereocenters. The molecule has 22 heavy (non-hydrogen) atoms. The number of fused-ring (bicyclic) bond motifs is 1. The number of β-amino-alcohol motifs (C(OH)–C–C–N with tert-alkyl or cyclic N) is 1. The summed E-state index contributed by atoms with van der Waals surface area (Å²) in [6, 6.07) is 4.06. The molecule has 1 aliphatic heterocycles. The van der Waals surface area contributed by atoms with Crippen LogP contribution in [0.4, 0.5) is 0 Å². The zero-order valence-electron chi connectivity index (χ0n) is 13.2. The van der Waals surface area contributed by atoms with Gasteiger partial charge in [0.1, 0.15) is 5.82 Å². The monoisotopic (exact) mass is 321 g/mol. The SMILES string of the molecule is Cc1nc2n(c1C)CCN(C[C@H](O)COCc1cccs1)C2. The van der Waals surface area contributed by atoms with Crippen molar-refractivity contribution >= 4 is 11.3 Å². The van der Waals surface area contributed by atoms with Gasteiger partial charge in [-0.05, 0) is 25.3 Å². The predicted molar refractivity (Wildman–Crippen MR) is 87.0 cm³/mol. The summed E-state index contributed by atoms with van der Waals surface area (Å²) in [4.78, 5) is 8.06. The predicted octanol–water partition coefficient (Wildman–Crippen LogP) is 1.95. The Bertz CT molecular complexity index is 609. The molecule has 1 N–H and O–H groups in total. The molecule has 120 valence electrons. The van der Waals surface area contributed by atoms with Gasteiger partial charge in [-0.25, -0.2) is 4.98 Å². The summed E-state index contributed by atoms with van der Waals surface area (Å²) in [7, 11) is 0. The number of ether oxygens (including phenoxy) is 1. The molecule has 0 aromatic carbocycles. The molecule has 0 amide bonds. The molecular weight excluding hydrogens is 298 g/mol. The lowest BCUT2D eigenvalue weighted by atomic mass is 10.3. The van der Waals surface area contributed by atoms with Gasteiger partial charge in [0.15, 0.2) is 0 Å². The lowest BCUT2D eigenvalue weighted by Gasteiger charge is -2.29. The van der Waals surface area contributed by atoms with Crippen LogP contribution in [0.25, 0.3) is 0 Å². The Morgan fingerprint density at radius 1 is 1.41 bits per heavy atom. The standard InChI is InChI=1S/C16H23N3O2S/c1-12-13(2)19-6-5-18(9-16(19)17-12)8-14(20)10-21-11-15-4-3-7-22-15/h3-4,7,14,20H,5-6,8-11H2,1-2H3/t14-/m0/s1. The molecule has 2 aromatic heterocycles. The molecule has 1 aliphatic rings. The van der Waals surface area contributed by atoms with Crippen molar-refractivity contribution in [2.45, 2.75) is 39.6 Å². The van der Waals surface area contributed by atoms with E-state index in [4.69, 9.17) is 4.74 Å². The fourth-order valence-electron chi connectivity index (χ4n) is 2.86. The van der Waals surface area contributed by atoms with Crippen molar-refractivity contribution in [2.75, 3.05) is 19.7 Å². The van der Waals surface area contributed by atoms with Crippen molar-refractivity contribution in [1.82, 2.24) is 14.5 Å². The minimum absolute atomic E-state index is 0.376. The number of hydrogen-bond donors (Lipinski definition) is 1. The number of rotatable bonds is 6. The average Bonchev–Trinajstić information content (AvgIpc) is 3.08. The van der Waals surface area contributed by atoms with Crippen molar-refractivity contribution in [3.63, 3.8) is 0 Å². The van der Waals surface area contributed by atoms with Crippen molar-refractivity contribution < 1.29 is 9.84 Å². The van der Waals surface area contributed by atoms with Gasteiger partial charge >= 0.3 is 0 Å². The maximum absolute atomic E-state index is 10.1. The molecule has 3 heterocycles. The number of thiophene rings is 1. The maximum atomic E-state index is 10.1. The second kappa shape index (κ2) is 6.91. The molecule has 2 aromatic rings. The Morgan fingerprint density at radius 3 is 3.05 bits per heavy atom. The van der Waals surface area contributed by atoms with Crippen molar-refractivity contribution in [3.8, 4) is 0 Å². The minimum Gasteiger partial charge on any atom is -0.389 e. The number of imidazole rings is 1. The second-order valence-electron chi connectivity index (χ2n) is 5.83. The molecule has 5 nitrogen and oxygen atoms in total. The van der Waals surface area contributed by atoms with Crippen LogP contribution < -0.4 is 0 Å². The van der Waals surface area contributed by atoms with Gasteiger partial charge in [-0.15, -0.1) is 11.3 Å². The van der Waals surface area contributed by atoms with E-state index < -0.39 is 6.10 Å². The topological polar surface area (TPSA) is 50.5 Å². The Balaban J connectivity index is 1.45. The first kappa shape index (κ1) is 15.7. The number of aromatic nitrogens is 2. The summed E-state index contributed by atoms with van der Waals surface area (Å²) in [6.07, 6.45) is -0.455. The summed E-state index contributed by atoms with van der Waals surface area (Å²) in [5.74, 6) is 1.10. The normalized spacial score (nSPS) is 16.7. The fraction of sp³-hybridized carbons (Fsp3) is 0.562. The second-order valence-corrected chi connectivity index (χ2v) is 6.87. The van der Waals surface area contributed by atoms with E-state index in [0.717, 1.165) is 31.2 Å². The largest absolute Gasteiger partial charge is 0.389 e. The summed E-state index contributed by atoms with van der Waals surface area (Å²) in [5.41, 5.74) is 2.37. The minimum atomic E-state index is -0.455. The van der Waals surface area contributed by atoms with Crippen LogP contribution in [0.5, 0.6) is 0 Å². The first-order valence-electron chi connectivity index (χ1n) is 7.66. The molecule has 0 bridgehead atoms. The van der Waals surface area contributed by atoms with E-state index in [1.54, 1.807) is 11.3 Å². The Morgan fingerprint density at radius 2 is 2.27 bits per heavy atom. The van der Waals surface area contributed by atoms with Crippen molar-refractivity contribution in [3.05, 3.63) is 39.6 Å². The van der Waals surface area contributed by atoms with Gasteiger partial charge in [-0.1, -0.05) is 6.07 Å². The number of aliphatic hydroxyl groups excluding tert-OH is 1. The highest BCUT2D eigenvalue weighted by Crippen LogP contribution is 2.17. The van der Waals surface area contributed by atoms with Crippen LogP contribution in [-0.4, -0.2) is 45.4 Å². The van der Waals surface area contributed by atoms with Crippen LogP contribution in [0.2, 0.25) is 0 Å². The number of aliphatic hydroxyl groups is 1. The van der Waals surface area contributed by atoms with E-state index in [0.29, 0.717) is 19.8 Å². The first-order valence-corrected chi connectivity index (χ1v) is 8.54. The summed E-state index contributed by atoms with van der Waals surface area (Å²) in [6.45, 7) is 8.47. The van der Waals surface area contributed by atoms with Crippen LogP contribution in [0.15, 0.2) is 17.5 Å². The summed E-state index contributed by atoms with van der Waals surface area (Å²) < 4.78 is 7.87. The van der Waals surface area contributed by atoms with Gasteiger partial charge in [0.25, 0.3) is 0 Å². The highest BCUT2D eigenvalue weighted by Gasteiger charge is 2.22. The van der Waals surface area contributed by atoms with Gasteiger partial charge in [0.05, 0.1) is 31.6 Å². The Labute approximate surface area is 135 Å². The lowest BCUT2D eigenvalue weighted by molar-refractivity contribution is 0.00610. The first-order chi connectivity index (χ1) is 10.6. The van der Waals surface area contributed by atoms with Crippen molar-refractivity contribution in [2.24, 2.45) is 0 Å². The van der Waals surface area contributed by atoms with E-state index >= 15 is 0 Å². The molecule has 0 radical (unpaired) electrons. The van der Waals surface area contributed by atoms with Crippen LogP contribution in [0.1, 0.15) is 22.1 Å². The van der Waals surface area contributed by atoms with E-state index in [1.807, 2.05) is 17.5 Å². The van der Waals surface area contributed by atoms with Gasteiger partial charge in [-0.2, -0.15) is 0 Å². The molecule has 0 spiro atoms. The average molecular weight is 321 g/mol. The third kappa shape index (κ3) is 3.57. The molecule has 0 fully saturated rings. The Hall–Kier alpha value is -1.21. The van der Waals surface area contributed by atoms with Crippen molar-refractivity contribution in [1.29, 1.82) is 0 Å². The fourth-order valence-corrected chi connectivity index (χ4v) is 3.50. The lowest BCUT2D eigenvalue weighted by Crippen LogP contribution is -2.40. The Kier molecular flexibility index (Phi) is 4.93. The van der Waals surface area contributed by atoms with Gasteiger partial charge in [0, 0.05) is 30.2 Å². The third-order valence-corrected chi connectivity index (χ3v) is 5.00. The van der Waals surface area contributed by atoms with Gasteiger partial charge in [-0.3, -0.25) is 4.90 Å². The molecule has 1 atom stereocenters. The van der Waals surface area contributed by atoms with Crippen LogP contribution >= 0.6 is 11.3 Å². The van der Waals surface area contributed by atoms with Gasteiger partial charge in [0.2, 0.25) is 0 Å². The number of aryl methyl sites for hydroxylation is 1. The zero-order valence-corrected chi connectivity index (χ0v) is 14.0. The smallest absolute Gasteiger partial charge is 0.123 e. The van der Waals surface area contributed by atoms with E-state index in [-0.39, 0.29) is 0 Å². The third-order valence-electron chi connectivity index (χ3n) is 4.15. The number of nitrogens with zero attached hydrogens (tertiary/aromatic N) is 3. The van der Waals surface area contributed by atoms with Gasteiger partial charge < -0.3 is 14.4 Å². The van der Waals surface area contributed by atoms with Crippen LogP contribution in [-0.2, 0) is 24.4 Å². The quantitative estimate of drug-likeness (QED) is 0.883. The molecule has 3 rings (SSSR count). The molecule has 6 heteroatoms. The summed E-state index contributed by atoms with van der Waals surface area (Å²) >= 11 is 1.68.